The van der Waals surface area contributed by atoms with Crippen molar-refractivity contribution in [3.8, 4) is 0 Å². The molecule has 156 valence electrons. The van der Waals surface area contributed by atoms with Crippen LogP contribution in [-0.2, 0) is 6.42 Å². The highest BCUT2D eigenvalue weighted by atomic mass is 32.1. The second-order valence-electron chi connectivity index (χ2n) is 8.43. The fraction of sp³-hybridized carbons (Fsp3) is 0.591. The molecule has 0 spiro atoms. The third-order valence-electron chi connectivity index (χ3n) is 6.03. The first kappa shape index (κ1) is 20.1. The molecule has 1 aromatic heterocycles. The predicted molar refractivity (Wildman–Crippen MR) is 118 cm³/mol. The van der Waals surface area contributed by atoms with Crippen molar-refractivity contribution >= 4 is 22.7 Å². The molecule has 0 radical (unpaired) electrons. The number of amides is 2. The number of benzene rings is 1. The van der Waals surface area contributed by atoms with E-state index in [0.717, 1.165) is 49.9 Å². The molecular formula is C22H31N5OS. The Morgan fingerprint density at radius 1 is 1.17 bits per heavy atom. The summed E-state index contributed by atoms with van der Waals surface area (Å²) in [5.41, 5.74) is 2.50. The van der Waals surface area contributed by atoms with Crippen LogP contribution in [0.5, 0.6) is 0 Å². The molecule has 29 heavy (non-hydrogen) atoms. The molecule has 1 aromatic carbocycles. The molecule has 1 aliphatic carbocycles. The molecule has 1 aliphatic heterocycles. The molecule has 2 heterocycles. The van der Waals surface area contributed by atoms with Crippen LogP contribution in [-0.4, -0.2) is 52.0 Å². The van der Waals surface area contributed by atoms with Gasteiger partial charge in [0.15, 0.2) is 0 Å². The van der Waals surface area contributed by atoms with E-state index in [-0.39, 0.29) is 12.1 Å². The molecule has 2 aliphatic rings. The maximum atomic E-state index is 12.7. The van der Waals surface area contributed by atoms with Gasteiger partial charge in [0.25, 0.3) is 0 Å². The minimum atomic E-state index is 0.0985. The van der Waals surface area contributed by atoms with E-state index in [2.05, 4.69) is 52.7 Å². The molecule has 1 atom stereocenters. The van der Waals surface area contributed by atoms with Crippen LogP contribution < -0.4 is 10.2 Å². The van der Waals surface area contributed by atoms with Crippen LogP contribution in [0.1, 0.15) is 56.0 Å². The maximum Gasteiger partial charge on any atom is 0.317 e. The van der Waals surface area contributed by atoms with E-state index >= 15 is 0 Å². The van der Waals surface area contributed by atoms with Crippen LogP contribution in [0.2, 0.25) is 0 Å². The molecule has 6 nitrogen and oxygen atoms in total. The number of aryl methyl sites for hydroxylation is 1. The summed E-state index contributed by atoms with van der Waals surface area (Å²) in [5, 5.41) is 4.22. The van der Waals surface area contributed by atoms with Crippen molar-refractivity contribution in [1.82, 2.24) is 19.6 Å². The van der Waals surface area contributed by atoms with Gasteiger partial charge in [0.1, 0.15) is 5.82 Å². The summed E-state index contributed by atoms with van der Waals surface area (Å²) < 4.78 is 4.56. The maximum absolute atomic E-state index is 12.7. The number of anilines is 1. The summed E-state index contributed by atoms with van der Waals surface area (Å²) in [7, 11) is 0. The number of nitrogens with zero attached hydrogens (tertiary/aromatic N) is 4. The summed E-state index contributed by atoms with van der Waals surface area (Å²) in [6, 6.07) is 9.15. The fourth-order valence-electron chi connectivity index (χ4n) is 4.27. The van der Waals surface area contributed by atoms with Gasteiger partial charge >= 0.3 is 6.03 Å². The lowest BCUT2D eigenvalue weighted by atomic mass is 9.96. The smallest absolute Gasteiger partial charge is 0.317 e. The molecule has 7 heteroatoms. The zero-order valence-corrected chi connectivity index (χ0v) is 18.2. The number of rotatable bonds is 4. The van der Waals surface area contributed by atoms with Gasteiger partial charge in [-0.2, -0.15) is 4.37 Å². The van der Waals surface area contributed by atoms with Gasteiger partial charge in [-0.25, -0.2) is 9.78 Å². The summed E-state index contributed by atoms with van der Waals surface area (Å²) in [6.07, 6.45) is 6.76. The topological polar surface area (TPSA) is 61.4 Å². The second-order valence-corrected chi connectivity index (χ2v) is 9.16. The molecule has 1 saturated carbocycles. The Balaban J connectivity index is 1.31. The minimum Gasteiger partial charge on any atom is -0.343 e. The first-order valence-corrected chi connectivity index (χ1v) is 11.6. The molecule has 2 fully saturated rings. The predicted octanol–water partition coefficient (Wildman–Crippen LogP) is 3.99. The third-order valence-corrected chi connectivity index (χ3v) is 6.85. The number of piperazine rings is 1. The fourth-order valence-corrected chi connectivity index (χ4v) is 4.99. The zero-order valence-electron chi connectivity index (χ0n) is 17.4. The highest BCUT2D eigenvalue weighted by Gasteiger charge is 2.30. The number of nitrogens with one attached hydrogen (secondary N) is 1. The van der Waals surface area contributed by atoms with E-state index in [9.17, 15) is 4.79 Å². The zero-order chi connectivity index (χ0) is 20.2. The highest BCUT2D eigenvalue weighted by molar-refractivity contribution is 7.09. The molecule has 1 N–H and O–H groups in total. The van der Waals surface area contributed by atoms with Gasteiger partial charge in [-0.3, -0.25) is 0 Å². The lowest BCUT2D eigenvalue weighted by Crippen LogP contribution is -2.58. The average molecular weight is 414 g/mol. The van der Waals surface area contributed by atoms with Crippen LogP contribution in [0.15, 0.2) is 24.3 Å². The van der Waals surface area contributed by atoms with Gasteiger partial charge in [0.05, 0.1) is 0 Å². The Morgan fingerprint density at radius 2 is 1.93 bits per heavy atom. The number of urea groups is 1. The Labute approximate surface area is 177 Å². The summed E-state index contributed by atoms with van der Waals surface area (Å²) >= 11 is 1.46. The van der Waals surface area contributed by atoms with E-state index in [4.69, 9.17) is 4.98 Å². The largest absolute Gasteiger partial charge is 0.343 e. The van der Waals surface area contributed by atoms with E-state index < -0.39 is 0 Å². The molecule has 4 rings (SSSR count). The van der Waals surface area contributed by atoms with Crippen molar-refractivity contribution in [2.24, 2.45) is 0 Å². The van der Waals surface area contributed by atoms with Gasteiger partial charge in [-0.05, 0) is 32.3 Å². The number of hydrogen-bond acceptors (Lipinski definition) is 5. The first-order chi connectivity index (χ1) is 14.1. The SMILES string of the molecule is Cc1ccc(Cc2nsc(N3CCN(C(=O)NC4CCCCC4)C(C)C3)n2)cc1. The van der Waals surface area contributed by atoms with E-state index in [1.54, 1.807) is 0 Å². The monoisotopic (exact) mass is 413 g/mol. The van der Waals surface area contributed by atoms with Crippen LogP contribution >= 0.6 is 11.5 Å². The number of carbonyl (C=O) groups is 1. The molecular weight excluding hydrogens is 382 g/mol. The van der Waals surface area contributed by atoms with Gasteiger partial charge < -0.3 is 15.1 Å². The first-order valence-electron chi connectivity index (χ1n) is 10.8. The lowest BCUT2D eigenvalue weighted by molar-refractivity contribution is 0.165. The van der Waals surface area contributed by atoms with E-state index in [1.165, 1.54) is 41.9 Å². The van der Waals surface area contributed by atoms with Crippen LogP contribution in [0.3, 0.4) is 0 Å². The van der Waals surface area contributed by atoms with Crippen molar-refractivity contribution in [2.75, 3.05) is 24.5 Å². The summed E-state index contributed by atoms with van der Waals surface area (Å²) in [4.78, 5) is 21.7. The van der Waals surface area contributed by atoms with E-state index in [0.29, 0.717) is 6.04 Å². The molecule has 0 bridgehead atoms. The standard InChI is InChI=1S/C22H31N5OS/c1-16-8-10-18(11-9-16)14-20-24-22(29-25-20)26-12-13-27(17(2)15-26)21(28)23-19-6-4-3-5-7-19/h8-11,17,19H,3-7,12-15H2,1-2H3,(H,23,28). The minimum absolute atomic E-state index is 0.0985. The Kier molecular flexibility index (Phi) is 6.33. The number of aromatic nitrogens is 2. The van der Waals surface area contributed by atoms with Gasteiger partial charge in [0.2, 0.25) is 5.13 Å². The Morgan fingerprint density at radius 3 is 2.66 bits per heavy atom. The van der Waals surface area contributed by atoms with Crippen molar-refractivity contribution in [3.63, 3.8) is 0 Å². The Hall–Kier alpha value is -2.15. The quantitative estimate of drug-likeness (QED) is 0.823. The van der Waals surface area contributed by atoms with Crippen molar-refractivity contribution in [3.05, 3.63) is 41.2 Å². The summed E-state index contributed by atoms with van der Waals surface area (Å²) in [5.74, 6) is 0.874. The average Bonchev–Trinajstić information content (AvgIpc) is 3.19. The van der Waals surface area contributed by atoms with Gasteiger partial charge in [-0.1, -0.05) is 49.1 Å². The van der Waals surface area contributed by atoms with Gasteiger partial charge in [-0.15, -0.1) is 0 Å². The van der Waals surface area contributed by atoms with Crippen molar-refractivity contribution in [2.45, 2.75) is 64.5 Å². The lowest BCUT2D eigenvalue weighted by Gasteiger charge is -2.40. The number of hydrogen-bond donors (Lipinski definition) is 1. The van der Waals surface area contributed by atoms with E-state index in [1.807, 2.05) is 4.90 Å². The third kappa shape index (κ3) is 5.07. The van der Waals surface area contributed by atoms with Crippen molar-refractivity contribution in [1.29, 1.82) is 0 Å². The van der Waals surface area contributed by atoms with Crippen LogP contribution in [0.4, 0.5) is 9.93 Å². The molecule has 2 aromatic rings. The molecule has 2 amide bonds. The summed E-state index contributed by atoms with van der Waals surface area (Å²) in [6.45, 7) is 6.56. The molecule has 1 unspecified atom stereocenters. The van der Waals surface area contributed by atoms with Crippen molar-refractivity contribution < 1.29 is 4.79 Å². The molecule has 1 saturated heterocycles. The highest BCUT2D eigenvalue weighted by Crippen LogP contribution is 2.23. The van der Waals surface area contributed by atoms with Crippen LogP contribution in [0, 0.1) is 6.92 Å². The van der Waals surface area contributed by atoms with Crippen LogP contribution in [0.25, 0.3) is 0 Å². The normalized spacial score (nSPS) is 20.7. The second kappa shape index (κ2) is 9.11. The Bertz CT molecular complexity index is 815. The number of carbonyl (C=O) groups excluding carboxylic acids is 1. The van der Waals surface area contributed by atoms with Gasteiger partial charge in [0, 0.05) is 49.7 Å².